The van der Waals surface area contributed by atoms with E-state index in [0.29, 0.717) is 16.6 Å². The summed E-state index contributed by atoms with van der Waals surface area (Å²) in [6.45, 7) is 12.9. The summed E-state index contributed by atoms with van der Waals surface area (Å²) in [6.07, 6.45) is 0. The van der Waals surface area contributed by atoms with Crippen LogP contribution in [0.2, 0.25) is 16.6 Å². The van der Waals surface area contributed by atoms with Crippen LogP contribution in [-0.4, -0.2) is 23.4 Å². The highest BCUT2D eigenvalue weighted by molar-refractivity contribution is 6.76. The lowest BCUT2D eigenvalue weighted by atomic mass is 10.5. The molecule has 2 N–H and O–H groups in total. The number of rotatable bonds is 3. The maximum atomic E-state index is 10.4. The van der Waals surface area contributed by atoms with Crippen molar-refractivity contribution in [3.05, 3.63) is 10.1 Å². The van der Waals surface area contributed by atoms with E-state index in [1.807, 2.05) is 0 Å². The van der Waals surface area contributed by atoms with Crippen LogP contribution in [0.5, 0.6) is 0 Å². The molecule has 0 unspecified atom stereocenters. The summed E-state index contributed by atoms with van der Waals surface area (Å²) in [7, 11) is -1.98. The molecular weight excluding hydrogens is 214 g/mol. The predicted octanol–water partition coefficient (Wildman–Crippen LogP) is 2.81. The fraction of sp³-hybridized carbons (Fsp3) is 1.00. The Morgan fingerprint density at radius 2 is 1.13 bits per heavy atom. The highest BCUT2D eigenvalue weighted by Crippen LogP contribution is 2.38. The van der Waals surface area contributed by atoms with Crippen molar-refractivity contribution in [2.24, 2.45) is 0 Å². The van der Waals surface area contributed by atoms with Crippen LogP contribution in [0.4, 0.5) is 0 Å². The van der Waals surface area contributed by atoms with Gasteiger partial charge in [-0.1, -0.05) is 41.5 Å². The predicted molar refractivity (Wildman–Crippen MR) is 62.0 cm³/mol. The Kier molecular flexibility index (Phi) is 7.60. The first-order valence-corrected chi connectivity index (χ1v) is 7.30. The second-order valence-electron chi connectivity index (χ2n) is 4.59. The minimum Gasteiger partial charge on any atom is -0.431 e. The molecule has 0 radical (unpaired) electrons. The molecule has 0 saturated heterocycles. The highest BCUT2D eigenvalue weighted by Gasteiger charge is 2.41. The van der Waals surface area contributed by atoms with E-state index in [9.17, 15) is 4.80 Å². The number of nitrogens with zero attached hydrogens (tertiary/aromatic N) is 1. The molecule has 0 aliphatic rings. The fourth-order valence-corrected chi connectivity index (χ4v) is 6.00. The molecule has 0 aromatic heterocycles. The van der Waals surface area contributed by atoms with Gasteiger partial charge >= 0.3 is 0 Å². The first kappa shape index (κ1) is 16.8. The van der Waals surface area contributed by atoms with Crippen LogP contribution in [0.15, 0.2) is 0 Å². The van der Waals surface area contributed by atoms with Gasteiger partial charge in [0.1, 0.15) is 0 Å². The van der Waals surface area contributed by atoms with Crippen LogP contribution in [0.25, 0.3) is 0 Å². The third kappa shape index (κ3) is 5.73. The van der Waals surface area contributed by atoms with Gasteiger partial charge in [0.2, 0.25) is 0 Å². The molecule has 0 bridgehead atoms. The standard InChI is InChI=1S/C9H22OSi.HNO3/c1-7(2)11(10,8(3)4)9(5)6;2-1(3)4/h7-10H,1-6H3;(H,2,3,4). The minimum atomic E-state index is -1.98. The number of hydrogen-bond acceptors (Lipinski definition) is 3. The van der Waals surface area contributed by atoms with E-state index < -0.39 is 13.4 Å². The fourth-order valence-electron chi connectivity index (χ4n) is 2.00. The molecule has 6 heteroatoms. The van der Waals surface area contributed by atoms with Gasteiger partial charge in [-0.2, -0.15) is 0 Å². The SMILES string of the molecule is CC(C)[Si](O)(C(C)C)C(C)C.O=[N+]([O-])O. The second kappa shape index (κ2) is 6.79. The molecule has 0 fully saturated rings. The Morgan fingerprint density at radius 1 is 1.00 bits per heavy atom. The van der Waals surface area contributed by atoms with Crippen LogP contribution in [0.1, 0.15) is 41.5 Å². The molecule has 0 amide bonds. The Bertz CT molecular complexity index is 169. The topological polar surface area (TPSA) is 83.6 Å². The van der Waals surface area contributed by atoms with Gasteiger partial charge in [-0.05, 0) is 16.6 Å². The largest absolute Gasteiger partial charge is 0.431 e. The Hall–Kier alpha value is -0.623. The normalized spacial score (nSPS) is 11.6. The zero-order valence-electron chi connectivity index (χ0n) is 10.4. The molecule has 0 aromatic carbocycles. The van der Waals surface area contributed by atoms with E-state index in [4.69, 9.17) is 15.3 Å². The van der Waals surface area contributed by atoms with Gasteiger partial charge in [-0.3, -0.25) is 0 Å². The molecule has 0 aromatic rings. The van der Waals surface area contributed by atoms with Gasteiger partial charge in [0.25, 0.3) is 5.09 Å². The van der Waals surface area contributed by atoms with Gasteiger partial charge in [-0.25, -0.2) is 0 Å². The van der Waals surface area contributed by atoms with Gasteiger partial charge in [-0.15, -0.1) is 10.1 Å². The van der Waals surface area contributed by atoms with E-state index in [-0.39, 0.29) is 0 Å². The Labute approximate surface area is 92.4 Å². The zero-order chi connectivity index (χ0) is 12.8. The van der Waals surface area contributed by atoms with Crippen molar-refractivity contribution in [3.8, 4) is 0 Å². The van der Waals surface area contributed by atoms with Crippen molar-refractivity contribution in [3.63, 3.8) is 0 Å². The third-order valence-corrected chi connectivity index (χ3v) is 8.32. The zero-order valence-corrected chi connectivity index (χ0v) is 11.4. The van der Waals surface area contributed by atoms with E-state index in [1.54, 1.807) is 0 Å². The minimum absolute atomic E-state index is 0.475. The molecule has 0 heterocycles. The van der Waals surface area contributed by atoms with Crippen molar-refractivity contribution in [1.82, 2.24) is 0 Å². The van der Waals surface area contributed by atoms with Crippen LogP contribution in [-0.2, 0) is 0 Å². The maximum absolute atomic E-state index is 10.4. The summed E-state index contributed by atoms with van der Waals surface area (Å²) in [4.78, 5) is 18.7. The quantitative estimate of drug-likeness (QED) is 0.449. The van der Waals surface area contributed by atoms with Crippen LogP contribution in [0.3, 0.4) is 0 Å². The average Bonchev–Trinajstić information content (AvgIpc) is 2.00. The molecule has 15 heavy (non-hydrogen) atoms. The summed E-state index contributed by atoms with van der Waals surface area (Å²) in [6, 6.07) is 0. The average molecular weight is 237 g/mol. The summed E-state index contributed by atoms with van der Waals surface area (Å²) >= 11 is 0. The first-order chi connectivity index (χ1) is 6.56. The molecule has 5 nitrogen and oxygen atoms in total. The molecule has 0 rings (SSSR count). The summed E-state index contributed by atoms with van der Waals surface area (Å²) in [5, 5.41) is 13.6. The van der Waals surface area contributed by atoms with Gasteiger partial charge in [0.05, 0.1) is 0 Å². The maximum Gasteiger partial charge on any atom is 0.291 e. The Balaban J connectivity index is 0. The highest BCUT2D eigenvalue weighted by atomic mass is 28.4. The summed E-state index contributed by atoms with van der Waals surface area (Å²) < 4.78 is 0. The first-order valence-electron chi connectivity index (χ1n) is 5.12. The molecule has 0 aliphatic carbocycles. The molecule has 0 saturated carbocycles. The monoisotopic (exact) mass is 237 g/mol. The molecule has 0 aliphatic heterocycles. The van der Waals surface area contributed by atoms with Gasteiger partial charge < -0.3 is 10.0 Å². The van der Waals surface area contributed by atoms with Gasteiger partial charge in [0, 0.05) is 0 Å². The molecule has 0 spiro atoms. The van der Waals surface area contributed by atoms with E-state index in [1.165, 1.54) is 0 Å². The van der Waals surface area contributed by atoms with E-state index in [2.05, 4.69) is 41.5 Å². The lowest BCUT2D eigenvalue weighted by molar-refractivity contribution is -0.742. The Morgan fingerprint density at radius 3 is 1.13 bits per heavy atom. The second-order valence-corrected chi connectivity index (χ2v) is 9.83. The van der Waals surface area contributed by atoms with Crippen LogP contribution >= 0.6 is 0 Å². The van der Waals surface area contributed by atoms with Crippen molar-refractivity contribution in [1.29, 1.82) is 0 Å². The summed E-state index contributed by atoms with van der Waals surface area (Å²) in [5.74, 6) is 0. The lowest BCUT2D eigenvalue weighted by Crippen LogP contribution is -2.44. The van der Waals surface area contributed by atoms with E-state index in [0.717, 1.165) is 0 Å². The van der Waals surface area contributed by atoms with E-state index >= 15 is 0 Å². The van der Waals surface area contributed by atoms with Gasteiger partial charge in [0.15, 0.2) is 8.32 Å². The molecular formula is C9H23NO4Si. The third-order valence-electron chi connectivity index (χ3n) is 2.77. The lowest BCUT2D eigenvalue weighted by Gasteiger charge is -2.36. The van der Waals surface area contributed by atoms with Crippen molar-refractivity contribution < 1.29 is 15.1 Å². The van der Waals surface area contributed by atoms with Crippen molar-refractivity contribution in [2.75, 3.05) is 0 Å². The summed E-state index contributed by atoms with van der Waals surface area (Å²) in [5.41, 5.74) is 1.42. The molecule has 92 valence electrons. The van der Waals surface area contributed by atoms with Crippen molar-refractivity contribution >= 4 is 8.32 Å². The smallest absolute Gasteiger partial charge is 0.291 e. The van der Waals surface area contributed by atoms with Crippen molar-refractivity contribution in [2.45, 2.75) is 58.2 Å². The molecule has 0 atom stereocenters. The number of hydrogen-bond donors (Lipinski definition) is 2. The van der Waals surface area contributed by atoms with Crippen LogP contribution in [0, 0.1) is 10.1 Å². The van der Waals surface area contributed by atoms with Crippen LogP contribution < -0.4 is 0 Å².